The number of nitrogens with one attached hydrogen (secondary N) is 2. The number of aromatic amines is 1. The monoisotopic (exact) mass is 404 g/mol. The molecule has 9 heteroatoms. The third-order valence-electron chi connectivity index (χ3n) is 4.83. The molecular weight excluding hydrogens is 388 g/mol. The van der Waals surface area contributed by atoms with Crippen LogP contribution in [0.1, 0.15) is 31.4 Å². The number of thiazole rings is 1. The Balaban J connectivity index is 1.32. The standard InChI is InChI=1S/C20H16N6O2S/c27-18(16-10-21-6-7-23-16)25-20-24-15-4-8-26(11-17(15)29-20)19(28)13-1-2-14-12(9-13)3-5-22-14/h1-3,5-7,9-10,22H,4,8,11H2,(H,24,25,27). The van der Waals surface area contributed by atoms with Crippen LogP contribution in [0, 0.1) is 0 Å². The second kappa shape index (κ2) is 7.10. The second-order valence-electron chi connectivity index (χ2n) is 6.69. The molecule has 2 N–H and O–H groups in total. The first-order chi connectivity index (χ1) is 14.2. The van der Waals surface area contributed by atoms with E-state index in [1.807, 2.05) is 35.4 Å². The number of carbonyl (C=O) groups excluding carboxylic acids is 2. The number of carbonyl (C=O) groups is 2. The lowest BCUT2D eigenvalue weighted by atomic mass is 10.1. The highest BCUT2D eigenvalue weighted by molar-refractivity contribution is 7.15. The highest BCUT2D eigenvalue weighted by Crippen LogP contribution is 2.29. The van der Waals surface area contributed by atoms with Gasteiger partial charge in [0.05, 0.1) is 18.4 Å². The SMILES string of the molecule is O=C(Nc1nc2c(s1)CN(C(=O)c1ccc3[nH]ccc3c1)CC2)c1cnccn1. The molecule has 4 aromatic rings. The average Bonchev–Trinajstić information content (AvgIpc) is 3.38. The zero-order valence-corrected chi connectivity index (χ0v) is 16.1. The lowest BCUT2D eigenvalue weighted by molar-refractivity contribution is 0.0736. The summed E-state index contributed by atoms with van der Waals surface area (Å²) < 4.78 is 0. The van der Waals surface area contributed by atoms with Gasteiger partial charge in [-0.15, -0.1) is 0 Å². The Hall–Kier alpha value is -3.59. The Morgan fingerprint density at radius 3 is 3.00 bits per heavy atom. The summed E-state index contributed by atoms with van der Waals surface area (Å²) in [6.07, 6.45) is 6.91. The summed E-state index contributed by atoms with van der Waals surface area (Å²) >= 11 is 1.39. The number of nitrogens with zero attached hydrogens (tertiary/aromatic N) is 4. The first-order valence-electron chi connectivity index (χ1n) is 9.10. The van der Waals surface area contributed by atoms with Crippen LogP contribution in [0.15, 0.2) is 49.1 Å². The predicted molar refractivity (Wildman–Crippen MR) is 109 cm³/mol. The van der Waals surface area contributed by atoms with Crippen molar-refractivity contribution >= 4 is 39.2 Å². The van der Waals surface area contributed by atoms with Crippen LogP contribution in [0.5, 0.6) is 0 Å². The van der Waals surface area contributed by atoms with Crippen LogP contribution < -0.4 is 5.32 Å². The number of hydrogen-bond acceptors (Lipinski definition) is 6. The van der Waals surface area contributed by atoms with E-state index in [1.54, 1.807) is 0 Å². The van der Waals surface area contributed by atoms with Crippen molar-refractivity contribution in [3.63, 3.8) is 0 Å². The van der Waals surface area contributed by atoms with E-state index < -0.39 is 0 Å². The third-order valence-corrected chi connectivity index (χ3v) is 5.83. The van der Waals surface area contributed by atoms with Gasteiger partial charge >= 0.3 is 0 Å². The summed E-state index contributed by atoms with van der Waals surface area (Å²) in [5.41, 5.74) is 2.84. The Morgan fingerprint density at radius 2 is 2.14 bits per heavy atom. The molecule has 0 bridgehead atoms. The molecule has 1 aromatic carbocycles. The van der Waals surface area contributed by atoms with E-state index in [4.69, 9.17) is 0 Å². The zero-order valence-electron chi connectivity index (χ0n) is 15.3. The normalized spacial score (nSPS) is 13.3. The fourth-order valence-corrected chi connectivity index (χ4v) is 4.39. The molecule has 144 valence electrons. The van der Waals surface area contributed by atoms with Gasteiger partial charge in [0, 0.05) is 52.9 Å². The summed E-state index contributed by atoms with van der Waals surface area (Å²) in [6, 6.07) is 7.62. The topological polar surface area (TPSA) is 104 Å². The van der Waals surface area contributed by atoms with Gasteiger partial charge in [-0.3, -0.25) is 19.9 Å². The van der Waals surface area contributed by atoms with E-state index in [-0.39, 0.29) is 17.5 Å². The number of anilines is 1. The molecule has 0 aliphatic carbocycles. The minimum absolute atomic E-state index is 0.00250. The van der Waals surface area contributed by atoms with Crippen LogP contribution >= 0.6 is 11.3 Å². The molecule has 0 atom stereocenters. The Labute approximate surface area is 169 Å². The van der Waals surface area contributed by atoms with Crippen LogP contribution in [-0.2, 0) is 13.0 Å². The molecule has 3 aromatic heterocycles. The molecule has 0 unspecified atom stereocenters. The lowest BCUT2D eigenvalue weighted by Crippen LogP contribution is -2.35. The number of amides is 2. The van der Waals surface area contributed by atoms with Gasteiger partial charge < -0.3 is 9.88 Å². The molecule has 1 aliphatic heterocycles. The molecule has 0 saturated heterocycles. The smallest absolute Gasteiger partial charge is 0.277 e. The first kappa shape index (κ1) is 17.5. The molecule has 8 nitrogen and oxygen atoms in total. The Bertz CT molecular complexity index is 1220. The number of hydrogen-bond donors (Lipinski definition) is 2. The van der Waals surface area contributed by atoms with Gasteiger partial charge in [0.1, 0.15) is 5.69 Å². The van der Waals surface area contributed by atoms with Gasteiger partial charge in [-0.25, -0.2) is 9.97 Å². The van der Waals surface area contributed by atoms with Crippen molar-refractivity contribution in [3.05, 3.63) is 70.9 Å². The second-order valence-corrected chi connectivity index (χ2v) is 7.77. The maximum atomic E-state index is 13.0. The highest BCUT2D eigenvalue weighted by atomic mass is 32.1. The predicted octanol–water partition coefficient (Wildman–Crippen LogP) is 2.87. The van der Waals surface area contributed by atoms with Crippen molar-refractivity contribution in [2.75, 3.05) is 11.9 Å². The third kappa shape index (κ3) is 3.36. The Kier molecular flexibility index (Phi) is 4.28. The lowest BCUT2D eigenvalue weighted by Gasteiger charge is -2.26. The van der Waals surface area contributed by atoms with Gasteiger partial charge in [-0.05, 0) is 24.3 Å². The number of H-pyrrole nitrogens is 1. The quantitative estimate of drug-likeness (QED) is 0.546. The molecule has 5 rings (SSSR count). The summed E-state index contributed by atoms with van der Waals surface area (Å²) in [7, 11) is 0. The molecule has 4 heterocycles. The van der Waals surface area contributed by atoms with E-state index >= 15 is 0 Å². The molecule has 29 heavy (non-hydrogen) atoms. The summed E-state index contributed by atoms with van der Waals surface area (Å²) in [5.74, 6) is -0.353. The van der Waals surface area contributed by atoms with Crippen LogP contribution in [0.2, 0.25) is 0 Å². The fourth-order valence-electron chi connectivity index (χ4n) is 3.37. The van der Waals surface area contributed by atoms with Crippen LogP contribution in [-0.4, -0.2) is 43.2 Å². The zero-order chi connectivity index (χ0) is 19.8. The van der Waals surface area contributed by atoms with E-state index in [0.717, 1.165) is 21.5 Å². The minimum Gasteiger partial charge on any atom is -0.361 e. The molecule has 0 saturated carbocycles. The van der Waals surface area contributed by atoms with Gasteiger partial charge in [-0.1, -0.05) is 11.3 Å². The maximum absolute atomic E-state index is 13.0. The van der Waals surface area contributed by atoms with Crippen LogP contribution in [0.4, 0.5) is 5.13 Å². The molecule has 0 spiro atoms. The van der Waals surface area contributed by atoms with Gasteiger partial charge in [0.15, 0.2) is 5.13 Å². The van der Waals surface area contributed by atoms with Crippen molar-refractivity contribution in [2.45, 2.75) is 13.0 Å². The van der Waals surface area contributed by atoms with Crippen LogP contribution in [0.25, 0.3) is 10.9 Å². The summed E-state index contributed by atoms with van der Waals surface area (Å²) in [4.78, 5) is 43.6. The minimum atomic E-state index is -0.350. The molecule has 0 fully saturated rings. The van der Waals surface area contributed by atoms with Crippen molar-refractivity contribution in [2.24, 2.45) is 0 Å². The highest BCUT2D eigenvalue weighted by Gasteiger charge is 2.25. The first-order valence-corrected chi connectivity index (χ1v) is 9.91. The maximum Gasteiger partial charge on any atom is 0.277 e. The van der Waals surface area contributed by atoms with E-state index in [0.29, 0.717) is 30.2 Å². The molecular formula is C20H16N6O2S. The van der Waals surface area contributed by atoms with Crippen LogP contribution in [0.3, 0.4) is 0 Å². The van der Waals surface area contributed by atoms with Gasteiger partial charge in [0.2, 0.25) is 0 Å². The number of benzene rings is 1. The number of fused-ring (bicyclic) bond motifs is 2. The molecule has 0 radical (unpaired) electrons. The van der Waals surface area contributed by atoms with E-state index in [2.05, 4.69) is 25.3 Å². The fraction of sp³-hybridized carbons (Fsp3) is 0.150. The van der Waals surface area contributed by atoms with E-state index in [1.165, 1.54) is 29.9 Å². The number of aromatic nitrogens is 4. The largest absolute Gasteiger partial charge is 0.361 e. The van der Waals surface area contributed by atoms with Crippen molar-refractivity contribution in [3.8, 4) is 0 Å². The number of rotatable bonds is 3. The Morgan fingerprint density at radius 1 is 1.21 bits per heavy atom. The van der Waals surface area contributed by atoms with Gasteiger partial charge in [-0.2, -0.15) is 0 Å². The molecule has 1 aliphatic rings. The van der Waals surface area contributed by atoms with E-state index in [9.17, 15) is 9.59 Å². The molecule has 2 amide bonds. The summed E-state index contributed by atoms with van der Waals surface area (Å²) in [5, 5.41) is 4.29. The average molecular weight is 404 g/mol. The van der Waals surface area contributed by atoms with Crippen molar-refractivity contribution in [1.82, 2.24) is 24.8 Å². The van der Waals surface area contributed by atoms with Crippen molar-refractivity contribution in [1.29, 1.82) is 0 Å². The van der Waals surface area contributed by atoms with Crippen molar-refractivity contribution < 1.29 is 9.59 Å². The van der Waals surface area contributed by atoms with Gasteiger partial charge in [0.25, 0.3) is 11.8 Å². The summed E-state index contributed by atoms with van der Waals surface area (Å²) in [6.45, 7) is 1.08.